The molecule has 3 aromatic rings. The topological polar surface area (TPSA) is 101 Å². The molecule has 0 atom stereocenters. The minimum Gasteiger partial charge on any atom is -0.477 e. The van der Waals surface area contributed by atoms with Crippen LogP contribution in [0.2, 0.25) is 0 Å². The second-order valence-electron chi connectivity index (χ2n) is 6.44. The quantitative estimate of drug-likeness (QED) is 0.457. The molecule has 0 aliphatic carbocycles. The van der Waals surface area contributed by atoms with Crippen LogP contribution < -0.4 is 15.4 Å². The number of hydrogen-bond donors (Lipinski definition) is 3. The number of pyridine rings is 1. The minimum atomic E-state index is -4.54. The number of amides is 2. The highest BCUT2D eigenvalue weighted by Gasteiger charge is 2.30. The van der Waals surface area contributed by atoms with Crippen molar-refractivity contribution >= 4 is 17.7 Å². The zero-order chi connectivity index (χ0) is 23.3. The van der Waals surface area contributed by atoms with E-state index in [9.17, 15) is 27.2 Å². The van der Waals surface area contributed by atoms with Gasteiger partial charge in [-0.15, -0.1) is 0 Å². The zero-order valence-corrected chi connectivity index (χ0v) is 16.1. The maximum absolute atomic E-state index is 14.3. The van der Waals surface area contributed by atoms with Crippen molar-refractivity contribution in [3.8, 4) is 11.5 Å². The molecule has 166 valence electrons. The van der Waals surface area contributed by atoms with Gasteiger partial charge in [0.2, 0.25) is 0 Å². The molecule has 0 radical (unpaired) electrons. The molecule has 1 aromatic heterocycles. The second kappa shape index (κ2) is 9.33. The molecule has 0 fully saturated rings. The van der Waals surface area contributed by atoms with Crippen LogP contribution in [-0.2, 0) is 12.7 Å². The first-order chi connectivity index (χ1) is 15.1. The number of urea groups is 1. The van der Waals surface area contributed by atoms with Gasteiger partial charge in [-0.2, -0.15) is 13.2 Å². The molecule has 0 spiro atoms. The molecule has 2 amide bonds. The Morgan fingerprint density at radius 2 is 1.84 bits per heavy atom. The largest absolute Gasteiger partial charge is 0.477 e. The van der Waals surface area contributed by atoms with Gasteiger partial charge in [0.15, 0.2) is 17.3 Å². The molecule has 11 heteroatoms. The van der Waals surface area contributed by atoms with E-state index < -0.39 is 29.6 Å². The fraction of sp³-hybridized carbons (Fsp3) is 0.0952. The molecular formula is C21H15F4N3O4. The normalized spacial score (nSPS) is 11.0. The SMILES string of the molecule is O=C(NCc1ccc(Oc2ccnc(C(=O)O)c2)c(F)c1)Nc1cccc(C(F)(F)F)c1. The number of carbonyl (C=O) groups is 2. The summed E-state index contributed by atoms with van der Waals surface area (Å²) in [4.78, 5) is 26.5. The minimum absolute atomic E-state index is 0.0506. The van der Waals surface area contributed by atoms with E-state index >= 15 is 0 Å². The predicted octanol–water partition coefficient (Wildman–Crippen LogP) is 5.05. The van der Waals surface area contributed by atoms with E-state index in [-0.39, 0.29) is 29.4 Å². The van der Waals surface area contributed by atoms with Crippen molar-refractivity contribution < 1.29 is 37.0 Å². The van der Waals surface area contributed by atoms with Crippen LogP contribution >= 0.6 is 0 Å². The molecule has 3 rings (SSSR count). The van der Waals surface area contributed by atoms with E-state index in [1.807, 2.05) is 0 Å². The van der Waals surface area contributed by atoms with Crippen LogP contribution in [0.5, 0.6) is 11.5 Å². The number of rotatable bonds is 6. The van der Waals surface area contributed by atoms with Gasteiger partial charge in [-0.1, -0.05) is 12.1 Å². The Labute approximate surface area is 178 Å². The molecule has 1 heterocycles. The molecule has 0 aliphatic heterocycles. The average molecular weight is 449 g/mol. The molecule has 32 heavy (non-hydrogen) atoms. The van der Waals surface area contributed by atoms with Gasteiger partial charge >= 0.3 is 18.2 Å². The molecule has 0 unspecified atom stereocenters. The van der Waals surface area contributed by atoms with Crippen LogP contribution in [0.3, 0.4) is 0 Å². The van der Waals surface area contributed by atoms with Crippen LogP contribution in [0.1, 0.15) is 21.6 Å². The number of benzene rings is 2. The first-order valence-corrected chi connectivity index (χ1v) is 8.99. The Hall–Kier alpha value is -4.15. The van der Waals surface area contributed by atoms with E-state index in [0.29, 0.717) is 5.56 Å². The van der Waals surface area contributed by atoms with Crippen molar-refractivity contribution in [3.05, 3.63) is 83.4 Å². The van der Waals surface area contributed by atoms with Crippen LogP contribution in [-0.4, -0.2) is 22.1 Å². The van der Waals surface area contributed by atoms with Crippen molar-refractivity contribution in [3.63, 3.8) is 0 Å². The smallest absolute Gasteiger partial charge is 0.416 e. The number of aromatic nitrogens is 1. The molecule has 0 saturated heterocycles. The summed E-state index contributed by atoms with van der Waals surface area (Å²) in [5, 5.41) is 13.6. The Morgan fingerprint density at radius 1 is 1.06 bits per heavy atom. The molecule has 0 saturated carbocycles. The third-order valence-electron chi connectivity index (χ3n) is 4.08. The number of carboxylic acid groups (broad SMARTS) is 1. The maximum atomic E-state index is 14.3. The van der Waals surface area contributed by atoms with Gasteiger partial charge in [0.25, 0.3) is 0 Å². The molecule has 0 bridgehead atoms. The number of alkyl halides is 3. The Balaban J connectivity index is 1.59. The van der Waals surface area contributed by atoms with E-state index in [4.69, 9.17) is 9.84 Å². The number of anilines is 1. The molecule has 7 nitrogen and oxygen atoms in total. The number of carboxylic acids is 1. The standard InChI is InChI=1S/C21H15F4N3O4/c22-16-8-12(4-5-18(16)32-15-6-7-26-17(10-15)19(29)30)11-27-20(31)28-14-3-1-2-13(9-14)21(23,24)25/h1-10H,11H2,(H,29,30)(H2,27,28,31). The second-order valence-corrected chi connectivity index (χ2v) is 6.44. The average Bonchev–Trinajstić information content (AvgIpc) is 2.74. The molecule has 3 N–H and O–H groups in total. The fourth-order valence-electron chi connectivity index (χ4n) is 2.59. The van der Waals surface area contributed by atoms with Crippen molar-refractivity contribution in [2.75, 3.05) is 5.32 Å². The highest BCUT2D eigenvalue weighted by Crippen LogP contribution is 2.30. The predicted molar refractivity (Wildman–Crippen MR) is 105 cm³/mol. The monoisotopic (exact) mass is 449 g/mol. The van der Waals surface area contributed by atoms with Gasteiger partial charge in [0, 0.05) is 24.5 Å². The van der Waals surface area contributed by atoms with E-state index in [1.54, 1.807) is 0 Å². The first kappa shape index (κ1) is 22.5. The van der Waals surface area contributed by atoms with Crippen LogP contribution in [0.15, 0.2) is 60.8 Å². The van der Waals surface area contributed by atoms with Gasteiger partial charge in [-0.25, -0.2) is 19.0 Å². The van der Waals surface area contributed by atoms with Crippen molar-refractivity contribution in [1.29, 1.82) is 0 Å². The van der Waals surface area contributed by atoms with Crippen molar-refractivity contribution in [2.24, 2.45) is 0 Å². The summed E-state index contributed by atoms with van der Waals surface area (Å²) in [5.41, 5.74) is -0.867. The number of nitrogens with one attached hydrogen (secondary N) is 2. The number of hydrogen-bond acceptors (Lipinski definition) is 4. The third kappa shape index (κ3) is 5.94. The lowest BCUT2D eigenvalue weighted by molar-refractivity contribution is -0.137. The van der Waals surface area contributed by atoms with Crippen LogP contribution in [0.25, 0.3) is 0 Å². The molecular weight excluding hydrogens is 434 g/mol. The van der Waals surface area contributed by atoms with Gasteiger partial charge < -0.3 is 20.5 Å². The first-order valence-electron chi connectivity index (χ1n) is 8.99. The maximum Gasteiger partial charge on any atom is 0.416 e. The fourth-order valence-corrected chi connectivity index (χ4v) is 2.59. The zero-order valence-electron chi connectivity index (χ0n) is 16.1. The molecule has 0 aliphatic rings. The number of halogens is 4. The van der Waals surface area contributed by atoms with Crippen molar-refractivity contribution in [2.45, 2.75) is 12.7 Å². The summed E-state index contributed by atoms with van der Waals surface area (Å²) in [6, 6.07) is 9.70. The lowest BCUT2D eigenvalue weighted by Gasteiger charge is -2.11. The number of nitrogens with zero attached hydrogens (tertiary/aromatic N) is 1. The van der Waals surface area contributed by atoms with Gasteiger partial charge in [0.1, 0.15) is 5.75 Å². The van der Waals surface area contributed by atoms with Crippen LogP contribution in [0.4, 0.5) is 28.0 Å². The highest BCUT2D eigenvalue weighted by molar-refractivity contribution is 5.89. The number of aromatic carboxylic acids is 1. The summed E-state index contributed by atoms with van der Waals surface area (Å²) in [6.07, 6.45) is -3.33. The molecule has 2 aromatic carbocycles. The lowest BCUT2D eigenvalue weighted by Crippen LogP contribution is -2.28. The number of ether oxygens (including phenoxy) is 1. The highest BCUT2D eigenvalue weighted by atomic mass is 19.4. The summed E-state index contributed by atoms with van der Waals surface area (Å²) in [6.45, 7) is -0.111. The Morgan fingerprint density at radius 3 is 2.53 bits per heavy atom. The van der Waals surface area contributed by atoms with E-state index in [0.717, 1.165) is 30.3 Å². The summed E-state index contributed by atoms with van der Waals surface area (Å²) >= 11 is 0. The Bertz CT molecular complexity index is 1150. The van der Waals surface area contributed by atoms with Gasteiger partial charge in [0.05, 0.1) is 5.56 Å². The van der Waals surface area contributed by atoms with E-state index in [2.05, 4.69) is 15.6 Å². The van der Waals surface area contributed by atoms with Gasteiger partial charge in [-0.3, -0.25) is 0 Å². The van der Waals surface area contributed by atoms with Crippen LogP contribution in [0, 0.1) is 5.82 Å². The van der Waals surface area contributed by atoms with Crippen molar-refractivity contribution in [1.82, 2.24) is 10.3 Å². The Kier molecular flexibility index (Phi) is 6.57. The third-order valence-corrected chi connectivity index (χ3v) is 4.08. The number of carbonyl (C=O) groups excluding carboxylic acids is 1. The summed E-state index contributed by atoms with van der Waals surface area (Å²) < 4.78 is 57.9. The van der Waals surface area contributed by atoms with Gasteiger partial charge in [-0.05, 0) is 42.0 Å². The summed E-state index contributed by atoms with van der Waals surface area (Å²) in [7, 11) is 0. The lowest BCUT2D eigenvalue weighted by atomic mass is 10.2. The van der Waals surface area contributed by atoms with E-state index in [1.165, 1.54) is 30.5 Å². The summed E-state index contributed by atoms with van der Waals surface area (Å²) in [5.74, 6) is -2.13.